The highest BCUT2D eigenvalue weighted by molar-refractivity contribution is 7.92. The van der Waals surface area contributed by atoms with Crippen LogP contribution in [0.1, 0.15) is 10.4 Å². The SMILES string of the molecule is COc1ccc(NS(=O)(=O)c2ccc(C(=O)Nc3ccc(S(N)(=O)=O)cc3)cc2)cc1. The van der Waals surface area contributed by atoms with E-state index in [2.05, 4.69) is 10.0 Å². The van der Waals surface area contributed by atoms with E-state index in [0.29, 0.717) is 17.1 Å². The normalized spacial score (nSPS) is 11.5. The Morgan fingerprint density at radius 1 is 0.774 bits per heavy atom. The van der Waals surface area contributed by atoms with Gasteiger partial charge >= 0.3 is 0 Å². The summed E-state index contributed by atoms with van der Waals surface area (Å²) in [4.78, 5) is 12.3. The molecule has 0 spiro atoms. The smallest absolute Gasteiger partial charge is 0.261 e. The summed E-state index contributed by atoms with van der Waals surface area (Å²) in [5.41, 5.74) is 0.944. The lowest BCUT2D eigenvalue weighted by Crippen LogP contribution is -2.15. The van der Waals surface area contributed by atoms with E-state index >= 15 is 0 Å². The maximum absolute atomic E-state index is 12.5. The van der Waals surface area contributed by atoms with Crippen LogP contribution in [-0.2, 0) is 20.0 Å². The van der Waals surface area contributed by atoms with E-state index in [1.54, 1.807) is 24.3 Å². The highest BCUT2D eigenvalue weighted by atomic mass is 32.2. The van der Waals surface area contributed by atoms with Crippen LogP contribution >= 0.6 is 0 Å². The molecular formula is C20H19N3O6S2. The van der Waals surface area contributed by atoms with Crippen molar-refractivity contribution in [2.45, 2.75) is 9.79 Å². The van der Waals surface area contributed by atoms with Crippen LogP contribution in [-0.4, -0.2) is 29.9 Å². The minimum absolute atomic E-state index is 0.0163. The highest BCUT2D eigenvalue weighted by Gasteiger charge is 2.16. The third-order valence-corrected chi connectivity index (χ3v) is 6.54. The van der Waals surface area contributed by atoms with Crippen LogP contribution in [0.4, 0.5) is 11.4 Å². The van der Waals surface area contributed by atoms with Gasteiger partial charge in [-0.25, -0.2) is 22.0 Å². The second-order valence-corrected chi connectivity index (χ2v) is 9.63. The number of ether oxygens (including phenoxy) is 1. The van der Waals surface area contributed by atoms with Crippen molar-refractivity contribution in [3.05, 3.63) is 78.4 Å². The maximum Gasteiger partial charge on any atom is 0.261 e. The van der Waals surface area contributed by atoms with Gasteiger partial charge in [-0.05, 0) is 72.8 Å². The third kappa shape index (κ3) is 5.60. The zero-order valence-electron chi connectivity index (χ0n) is 16.3. The molecule has 3 aromatic rings. The van der Waals surface area contributed by atoms with Crippen molar-refractivity contribution < 1.29 is 26.4 Å². The predicted molar refractivity (Wildman–Crippen MR) is 116 cm³/mol. The quantitative estimate of drug-likeness (QED) is 0.493. The zero-order chi connectivity index (χ0) is 22.6. The van der Waals surface area contributed by atoms with E-state index in [0.717, 1.165) is 0 Å². The van der Waals surface area contributed by atoms with Gasteiger partial charge in [0.25, 0.3) is 15.9 Å². The molecule has 0 unspecified atom stereocenters. The molecular weight excluding hydrogens is 442 g/mol. The van der Waals surface area contributed by atoms with Crippen molar-refractivity contribution in [3.8, 4) is 5.75 Å². The summed E-state index contributed by atoms with van der Waals surface area (Å²) in [6, 6.07) is 17.1. The summed E-state index contributed by atoms with van der Waals surface area (Å²) in [6.07, 6.45) is 0. The van der Waals surface area contributed by atoms with E-state index in [9.17, 15) is 21.6 Å². The topological polar surface area (TPSA) is 145 Å². The van der Waals surface area contributed by atoms with Crippen LogP contribution in [0, 0.1) is 0 Å². The van der Waals surface area contributed by atoms with Gasteiger partial charge in [-0.1, -0.05) is 0 Å². The average Bonchev–Trinajstić information content (AvgIpc) is 2.74. The lowest BCUT2D eigenvalue weighted by molar-refractivity contribution is 0.102. The molecule has 0 atom stereocenters. The van der Waals surface area contributed by atoms with Crippen molar-refractivity contribution >= 4 is 37.3 Å². The van der Waals surface area contributed by atoms with Crippen LogP contribution in [0.2, 0.25) is 0 Å². The van der Waals surface area contributed by atoms with E-state index in [4.69, 9.17) is 9.88 Å². The number of nitrogens with one attached hydrogen (secondary N) is 2. The Morgan fingerprint density at radius 3 is 1.81 bits per heavy atom. The number of nitrogens with two attached hydrogens (primary N) is 1. The van der Waals surface area contributed by atoms with Gasteiger partial charge in [0, 0.05) is 16.9 Å². The monoisotopic (exact) mass is 461 g/mol. The molecule has 0 saturated carbocycles. The second kappa shape index (κ2) is 8.76. The number of carbonyl (C=O) groups excluding carboxylic acids is 1. The zero-order valence-corrected chi connectivity index (χ0v) is 17.9. The predicted octanol–water partition coefficient (Wildman–Crippen LogP) is 2.40. The number of carbonyl (C=O) groups is 1. The molecule has 3 rings (SSSR count). The lowest BCUT2D eigenvalue weighted by Gasteiger charge is -2.10. The van der Waals surface area contributed by atoms with Crippen LogP contribution in [0.15, 0.2) is 82.6 Å². The number of benzene rings is 3. The molecule has 0 saturated heterocycles. The average molecular weight is 462 g/mol. The van der Waals surface area contributed by atoms with Crippen molar-refractivity contribution in [2.75, 3.05) is 17.1 Å². The number of hydrogen-bond acceptors (Lipinski definition) is 6. The largest absolute Gasteiger partial charge is 0.497 e. The fourth-order valence-corrected chi connectivity index (χ4v) is 4.16. The molecule has 0 aliphatic heterocycles. The molecule has 9 nitrogen and oxygen atoms in total. The number of sulfonamides is 2. The Balaban J connectivity index is 1.70. The van der Waals surface area contributed by atoms with Crippen LogP contribution in [0.3, 0.4) is 0 Å². The lowest BCUT2D eigenvalue weighted by atomic mass is 10.2. The van der Waals surface area contributed by atoms with Gasteiger partial charge in [0.2, 0.25) is 10.0 Å². The number of anilines is 2. The molecule has 4 N–H and O–H groups in total. The summed E-state index contributed by atoms with van der Waals surface area (Å²) in [6.45, 7) is 0. The third-order valence-electron chi connectivity index (χ3n) is 4.21. The summed E-state index contributed by atoms with van der Waals surface area (Å²) < 4.78 is 55.1. The van der Waals surface area contributed by atoms with E-state index < -0.39 is 26.0 Å². The first-order chi connectivity index (χ1) is 14.6. The molecule has 31 heavy (non-hydrogen) atoms. The summed E-state index contributed by atoms with van der Waals surface area (Å²) in [5, 5.41) is 7.63. The van der Waals surface area contributed by atoms with Crippen molar-refractivity contribution in [2.24, 2.45) is 5.14 Å². The Labute approximate surface area is 180 Å². The van der Waals surface area contributed by atoms with Crippen molar-refractivity contribution in [1.29, 1.82) is 0 Å². The number of rotatable bonds is 7. The summed E-state index contributed by atoms with van der Waals surface area (Å²) in [7, 11) is -6.16. The standard InChI is InChI=1S/C20H19N3O6S2/c1-29-17-8-4-16(5-9-17)23-31(27,28)19-10-2-14(3-11-19)20(24)22-15-6-12-18(13-7-15)30(21,25)26/h2-13,23H,1H3,(H,22,24)(H2,21,25,26). The van der Waals surface area contributed by atoms with Gasteiger partial charge in [0.05, 0.1) is 16.9 Å². The van der Waals surface area contributed by atoms with Gasteiger partial charge in [0.1, 0.15) is 5.75 Å². The molecule has 1 amide bonds. The number of amides is 1. The van der Waals surface area contributed by atoms with Crippen LogP contribution in [0.25, 0.3) is 0 Å². The molecule has 0 aliphatic rings. The molecule has 0 aromatic heterocycles. The first-order valence-corrected chi connectivity index (χ1v) is 11.8. The molecule has 0 radical (unpaired) electrons. The highest BCUT2D eigenvalue weighted by Crippen LogP contribution is 2.20. The number of methoxy groups -OCH3 is 1. The molecule has 0 heterocycles. The molecule has 11 heteroatoms. The van der Waals surface area contributed by atoms with Crippen LogP contribution < -0.4 is 19.9 Å². The minimum atomic E-state index is -3.84. The number of primary sulfonamides is 1. The molecule has 3 aromatic carbocycles. The van der Waals surface area contributed by atoms with E-state index in [1.807, 2.05) is 0 Å². The summed E-state index contributed by atoms with van der Waals surface area (Å²) in [5.74, 6) is 0.105. The fraction of sp³-hybridized carbons (Fsp3) is 0.0500. The molecule has 0 bridgehead atoms. The van der Waals surface area contributed by atoms with Gasteiger partial charge in [-0.15, -0.1) is 0 Å². The van der Waals surface area contributed by atoms with E-state index in [-0.39, 0.29) is 15.4 Å². The van der Waals surface area contributed by atoms with Gasteiger partial charge in [-0.2, -0.15) is 0 Å². The number of hydrogen-bond donors (Lipinski definition) is 3. The Hall–Kier alpha value is -3.41. The second-order valence-electron chi connectivity index (χ2n) is 6.38. The van der Waals surface area contributed by atoms with Gasteiger partial charge < -0.3 is 10.1 Å². The minimum Gasteiger partial charge on any atom is -0.497 e. The van der Waals surface area contributed by atoms with Gasteiger partial charge in [0.15, 0.2) is 0 Å². The Morgan fingerprint density at radius 2 is 1.29 bits per heavy atom. The molecule has 0 aliphatic carbocycles. The molecule has 162 valence electrons. The van der Waals surface area contributed by atoms with Crippen LogP contribution in [0.5, 0.6) is 5.75 Å². The Bertz CT molecular complexity index is 1290. The van der Waals surface area contributed by atoms with E-state index in [1.165, 1.54) is 55.6 Å². The van der Waals surface area contributed by atoms with Crippen molar-refractivity contribution in [3.63, 3.8) is 0 Å². The fourth-order valence-electron chi connectivity index (χ4n) is 2.59. The van der Waals surface area contributed by atoms with Crippen molar-refractivity contribution in [1.82, 2.24) is 0 Å². The van der Waals surface area contributed by atoms with Gasteiger partial charge in [-0.3, -0.25) is 9.52 Å². The first kappa shape index (κ1) is 22.3. The maximum atomic E-state index is 12.5. The molecule has 0 fully saturated rings. The first-order valence-electron chi connectivity index (χ1n) is 8.80. The Kier molecular flexibility index (Phi) is 6.29. The summed E-state index contributed by atoms with van der Waals surface area (Å²) >= 11 is 0.